The number of nitrogen functional groups attached to an aromatic ring is 1. The second-order valence-corrected chi connectivity index (χ2v) is 5.09. The van der Waals surface area contributed by atoms with E-state index in [1.54, 1.807) is 13.0 Å². The Bertz CT molecular complexity index is 636. The van der Waals surface area contributed by atoms with Crippen LogP contribution in [0.4, 0.5) is 17.2 Å². The molecule has 0 saturated carbocycles. The minimum absolute atomic E-state index is 0.0665. The Morgan fingerprint density at radius 1 is 1.38 bits per heavy atom. The van der Waals surface area contributed by atoms with Crippen LogP contribution in [-0.4, -0.2) is 22.0 Å². The summed E-state index contributed by atoms with van der Waals surface area (Å²) in [6.07, 6.45) is 1.76. The molecule has 0 fully saturated rings. The standard InChI is InChI=1S/C16H19N3O2/c1-10(20)7-12-3-5-14(6-4-12)19-16-15(17)8-13(9-18-16)11(2)21/h3-6,8-10,20H,7,17H2,1-2H3,(H,18,19). The number of nitrogens with zero attached hydrogens (tertiary/aromatic N) is 1. The fraction of sp³-hybridized carbons (Fsp3) is 0.250. The van der Waals surface area contributed by atoms with Gasteiger partial charge in [-0.3, -0.25) is 4.79 Å². The fourth-order valence-corrected chi connectivity index (χ4v) is 1.98. The lowest BCUT2D eigenvalue weighted by molar-refractivity contribution is 0.101. The lowest BCUT2D eigenvalue weighted by atomic mass is 10.1. The Kier molecular flexibility index (Phi) is 4.55. The normalized spacial score (nSPS) is 12.0. The van der Waals surface area contributed by atoms with Crippen molar-refractivity contribution >= 4 is 23.0 Å². The molecule has 0 aliphatic rings. The van der Waals surface area contributed by atoms with E-state index in [1.165, 1.54) is 13.1 Å². The highest BCUT2D eigenvalue weighted by atomic mass is 16.3. The summed E-state index contributed by atoms with van der Waals surface area (Å²) in [4.78, 5) is 15.4. The minimum atomic E-state index is -0.361. The summed E-state index contributed by atoms with van der Waals surface area (Å²) in [5.41, 5.74) is 8.72. The van der Waals surface area contributed by atoms with Crippen LogP contribution in [0.3, 0.4) is 0 Å². The molecule has 0 amide bonds. The van der Waals surface area contributed by atoms with Gasteiger partial charge in [0.25, 0.3) is 0 Å². The van der Waals surface area contributed by atoms with Crippen LogP contribution in [0.15, 0.2) is 36.5 Å². The highest BCUT2D eigenvalue weighted by Crippen LogP contribution is 2.22. The molecule has 0 saturated heterocycles. The highest BCUT2D eigenvalue weighted by molar-refractivity contribution is 5.95. The van der Waals surface area contributed by atoms with E-state index in [-0.39, 0.29) is 11.9 Å². The third-order valence-electron chi connectivity index (χ3n) is 3.07. The molecule has 2 rings (SSSR count). The number of ketones is 1. The van der Waals surface area contributed by atoms with Crippen molar-refractivity contribution in [2.24, 2.45) is 0 Å². The SMILES string of the molecule is CC(=O)c1cnc(Nc2ccc(CC(C)O)cc2)c(N)c1. The number of pyridine rings is 1. The second-order valence-electron chi connectivity index (χ2n) is 5.09. The molecular formula is C16H19N3O2. The molecule has 0 aliphatic carbocycles. The third-order valence-corrected chi connectivity index (χ3v) is 3.07. The number of nitrogens with two attached hydrogens (primary N) is 1. The van der Waals surface area contributed by atoms with Crippen LogP contribution >= 0.6 is 0 Å². The molecule has 4 N–H and O–H groups in total. The summed E-state index contributed by atoms with van der Waals surface area (Å²) in [5.74, 6) is 0.450. The van der Waals surface area contributed by atoms with Crippen molar-refractivity contribution in [3.8, 4) is 0 Å². The number of aliphatic hydroxyl groups excluding tert-OH is 1. The number of anilines is 3. The summed E-state index contributed by atoms with van der Waals surface area (Å²) >= 11 is 0. The first-order valence-corrected chi connectivity index (χ1v) is 6.76. The van der Waals surface area contributed by atoms with E-state index in [0.29, 0.717) is 23.5 Å². The van der Waals surface area contributed by atoms with Crippen molar-refractivity contribution in [3.05, 3.63) is 47.7 Å². The van der Waals surface area contributed by atoms with Gasteiger partial charge < -0.3 is 16.2 Å². The quantitative estimate of drug-likeness (QED) is 0.735. The van der Waals surface area contributed by atoms with Gasteiger partial charge in [-0.05, 0) is 44.0 Å². The molecule has 0 aliphatic heterocycles. The van der Waals surface area contributed by atoms with Gasteiger partial charge in [0.05, 0.1) is 11.8 Å². The zero-order valence-electron chi connectivity index (χ0n) is 12.1. The second kappa shape index (κ2) is 6.37. The Balaban J connectivity index is 2.13. The highest BCUT2D eigenvalue weighted by Gasteiger charge is 2.06. The predicted octanol–water partition coefficient (Wildman–Crippen LogP) is 2.53. The topological polar surface area (TPSA) is 88.2 Å². The van der Waals surface area contributed by atoms with Crippen molar-refractivity contribution in [2.45, 2.75) is 26.4 Å². The van der Waals surface area contributed by atoms with Gasteiger partial charge in [-0.1, -0.05) is 12.1 Å². The van der Waals surface area contributed by atoms with Gasteiger partial charge in [-0.15, -0.1) is 0 Å². The zero-order chi connectivity index (χ0) is 15.4. The number of hydrogen-bond donors (Lipinski definition) is 3. The van der Waals surface area contributed by atoms with Crippen molar-refractivity contribution in [1.82, 2.24) is 4.98 Å². The molecule has 0 radical (unpaired) electrons. The van der Waals surface area contributed by atoms with Gasteiger partial charge in [0.15, 0.2) is 11.6 Å². The summed E-state index contributed by atoms with van der Waals surface area (Å²) in [6.45, 7) is 3.23. The summed E-state index contributed by atoms with van der Waals surface area (Å²) < 4.78 is 0. The maximum absolute atomic E-state index is 11.3. The van der Waals surface area contributed by atoms with Gasteiger partial charge in [0, 0.05) is 17.4 Å². The number of carbonyl (C=O) groups is 1. The maximum atomic E-state index is 11.3. The van der Waals surface area contributed by atoms with Crippen molar-refractivity contribution in [2.75, 3.05) is 11.1 Å². The zero-order valence-corrected chi connectivity index (χ0v) is 12.1. The van der Waals surface area contributed by atoms with Crippen LogP contribution in [0.25, 0.3) is 0 Å². The van der Waals surface area contributed by atoms with E-state index in [9.17, 15) is 9.90 Å². The fourth-order valence-electron chi connectivity index (χ4n) is 1.98. The van der Waals surface area contributed by atoms with Crippen molar-refractivity contribution in [1.29, 1.82) is 0 Å². The number of hydrogen-bond acceptors (Lipinski definition) is 5. The van der Waals surface area contributed by atoms with Gasteiger partial charge >= 0.3 is 0 Å². The monoisotopic (exact) mass is 285 g/mol. The molecule has 2 aromatic rings. The smallest absolute Gasteiger partial charge is 0.161 e. The number of nitrogens with one attached hydrogen (secondary N) is 1. The molecule has 1 aromatic heterocycles. The predicted molar refractivity (Wildman–Crippen MR) is 83.8 cm³/mol. The van der Waals surface area contributed by atoms with Crippen LogP contribution in [0.5, 0.6) is 0 Å². The summed E-state index contributed by atoms with van der Waals surface area (Å²) in [7, 11) is 0. The molecule has 1 heterocycles. The number of benzene rings is 1. The van der Waals surface area contributed by atoms with E-state index < -0.39 is 0 Å². The van der Waals surface area contributed by atoms with Crippen LogP contribution in [0, 0.1) is 0 Å². The molecule has 5 nitrogen and oxygen atoms in total. The van der Waals surface area contributed by atoms with Crippen molar-refractivity contribution in [3.63, 3.8) is 0 Å². The van der Waals surface area contributed by atoms with Gasteiger partial charge in [-0.25, -0.2) is 4.98 Å². The first-order chi connectivity index (χ1) is 9.95. The number of rotatable bonds is 5. The Hall–Kier alpha value is -2.40. The number of aromatic nitrogens is 1. The van der Waals surface area contributed by atoms with E-state index in [1.807, 2.05) is 24.3 Å². The molecule has 1 atom stereocenters. The van der Waals surface area contributed by atoms with Gasteiger partial charge in [0.2, 0.25) is 0 Å². The Morgan fingerprint density at radius 2 is 2.05 bits per heavy atom. The molecule has 110 valence electrons. The van der Waals surface area contributed by atoms with Gasteiger partial charge in [-0.2, -0.15) is 0 Å². The first kappa shape index (κ1) is 15.0. The Morgan fingerprint density at radius 3 is 2.57 bits per heavy atom. The summed E-state index contributed by atoms with van der Waals surface area (Å²) in [5, 5.41) is 12.5. The number of aliphatic hydroxyl groups is 1. The van der Waals surface area contributed by atoms with Crippen LogP contribution in [0.2, 0.25) is 0 Å². The van der Waals surface area contributed by atoms with Crippen LogP contribution in [-0.2, 0) is 6.42 Å². The molecular weight excluding hydrogens is 266 g/mol. The molecule has 21 heavy (non-hydrogen) atoms. The maximum Gasteiger partial charge on any atom is 0.161 e. The number of carbonyl (C=O) groups excluding carboxylic acids is 1. The van der Waals surface area contributed by atoms with Crippen molar-refractivity contribution < 1.29 is 9.90 Å². The molecule has 0 bridgehead atoms. The first-order valence-electron chi connectivity index (χ1n) is 6.76. The molecule has 1 unspecified atom stereocenters. The lowest BCUT2D eigenvalue weighted by Crippen LogP contribution is -2.04. The molecule has 1 aromatic carbocycles. The lowest BCUT2D eigenvalue weighted by Gasteiger charge is -2.10. The Labute approximate surface area is 123 Å². The van der Waals surface area contributed by atoms with Crippen LogP contribution < -0.4 is 11.1 Å². The van der Waals surface area contributed by atoms with E-state index in [0.717, 1.165) is 11.3 Å². The number of Topliss-reactive ketones (excluding diaryl/α,β-unsaturated/α-hetero) is 1. The summed E-state index contributed by atoms with van der Waals surface area (Å²) in [6, 6.07) is 9.29. The third kappa shape index (κ3) is 4.03. The van der Waals surface area contributed by atoms with E-state index in [2.05, 4.69) is 10.3 Å². The average Bonchev–Trinajstić information content (AvgIpc) is 2.42. The van der Waals surface area contributed by atoms with Gasteiger partial charge in [0.1, 0.15) is 0 Å². The average molecular weight is 285 g/mol. The molecule has 0 spiro atoms. The molecule has 5 heteroatoms. The minimum Gasteiger partial charge on any atom is -0.396 e. The van der Waals surface area contributed by atoms with E-state index in [4.69, 9.17) is 5.73 Å². The van der Waals surface area contributed by atoms with E-state index >= 15 is 0 Å². The largest absolute Gasteiger partial charge is 0.396 e. The van der Waals surface area contributed by atoms with Crippen LogP contribution in [0.1, 0.15) is 29.8 Å².